The first kappa shape index (κ1) is 13.5. The first-order chi connectivity index (χ1) is 8.51. The van der Waals surface area contributed by atoms with Crippen molar-refractivity contribution in [3.8, 4) is 5.69 Å². The van der Waals surface area contributed by atoms with Gasteiger partial charge >= 0.3 is 0 Å². The van der Waals surface area contributed by atoms with Gasteiger partial charge in [-0.2, -0.15) is 12.6 Å². The minimum absolute atomic E-state index is 0.00752. The molecule has 0 saturated heterocycles. The molecule has 2 aromatic rings. The summed E-state index contributed by atoms with van der Waals surface area (Å²) in [6.07, 6.45) is 1.77. The molecule has 94 valence electrons. The Morgan fingerprint density at radius 2 is 1.78 bits per heavy atom. The van der Waals surface area contributed by atoms with Crippen molar-refractivity contribution in [2.45, 2.75) is 12.7 Å². The van der Waals surface area contributed by atoms with E-state index in [1.54, 1.807) is 30.5 Å². The van der Waals surface area contributed by atoms with Crippen molar-refractivity contribution in [2.24, 2.45) is 0 Å². The second-order valence-corrected chi connectivity index (χ2v) is 5.15. The Balaban J connectivity index is 2.66. The predicted molar refractivity (Wildman–Crippen MR) is 79.5 cm³/mol. The zero-order valence-electron chi connectivity index (χ0n) is 9.65. The summed E-state index contributed by atoms with van der Waals surface area (Å²) in [6.45, 7) is 1.86. The maximum absolute atomic E-state index is 11.7. The van der Waals surface area contributed by atoms with Crippen LogP contribution in [-0.4, -0.2) is 4.57 Å². The van der Waals surface area contributed by atoms with Gasteiger partial charge in [-0.05, 0) is 25.1 Å². The number of nitrogens with zero attached hydrogens (tertiary/aromatic N) is 1. The molecule has 0 spiro atoms. The van der Waals surface area contributed by atoms with E-state index in [0.717, 1.165) is 11.4 Å². The molecule has 0 N–H and O–H groups in total. The van der Waals surface area contributed by atoms with Crippen LogP contribution in [0.3, 0.4) is 0 Å². The Hall–Kier alpha value is -0.900. The fourth-order valence-corrected chi connectivity index (χ4v) is 2.50. The highest BCUT2D eigenvalue weighted by Gasteiger charge is 2.06. The first-order valence-electron chi connectivity index (χ1n) is 5.31. The summed E-state index contributed by atoms with van der Waals surface area (Å²) in [5.41, 5.74) is 2.28. The lowest BCUT2D eigenvalue weighted by Gasteiger charge is -2.13. The molecule has 0 aliphatic rings. The molecule has 0 aliphatic heterocycles. The highest BCUT2D eigenvalue weighted by molar-refractivity contribution is 7.79. The van der Waals surface area contributed by atoms with E-state index in [9.17, 15) is 4.79 Å². The highest BCUT2D eigenvalue weighted by atomic mass is 35.5. The number of aromatic nitrogens is 1. The van der Waals surface area contributed by atoms with Crippen molar-refractivity contribution in [1.82, 2.24) is 4.57 Å². The van der Waals surface area contributed by atoms with Crippen LogP contribution in [0.15, 0.2) is 35.3 Å². The average molecular weight is 300 g/mol. The molecule has 0 fully saturated rings. The highest BCUT2D eigenvalue weighted by Crippen LogP contribution is 2.22. The van der Waals surface area contributed by atoms with Gasteiger partial charge in [-0.3, -0.25) is 4.79 Å². The van der Waals surface area contributed by atoms with E-state index in [-0.39, 0.29) is 5.43 Å². The second-order valence-electron chi connectivity index (χ2n) is 3.96. The third-order valence-electron chi connectivity index (χ3n) is 2.62. The van der Waals surface area contributed by atoms with E-state index >= 15 is 0 Å². The molecule has 0 atom stereocenters. The molecule has 2 rings (SSSR count). The Morgan fingerprint density at radius 1 is 1.17 bits per heavy atom. The van der Waals surface area contributed by atoms with E-state index in [0.29, 0.717) is 21.4 Å². The van der Waals surface area contributed by atoms with E-state index in [1.807, 2.05) is 11.5 Å². The van der Waals surface area contributed by atoms with Gasteiger partial charge in [0.1, 0.15) is 0 Å². The zero-order chi connectivity index (χ0) is 13.3. The minimum atomic E-state index is -0.00752. The zero-order valence-corrected chi connectivity index (χ0v) is 12.1. The number of halogens is 2. The second kappa shape index (κ2) is 5.39. The maximum atomic E-state index is 11.7. The molecule has 0 bridgehead atoms. The smallest absolute Gasteiger partial charge is 0.185 e. The number of thiol groups is 1. The van der Waals surface area contributed by atoms with Gasteiger partial charge in [0.15, 0.2) is 5.43 Å². The molecule has 0 amide bonds. The summed E-state index contributed by atoms with van der Waals surface area (Å²) in [4.78, 5) is 11.7. The van der Waals surface area contributed by atoms with E-state index in [4.69, 9.17) is 23.2 Å². The molecule has 5 heteroatoms. The molecular weight excluding hydrogens is 289 g/mol. The van der Waals surface area contributed by atoms with Crippen molar-refractivity contribution in [3.63, 3.8) is 0 Å². The van der Waals surface area contributed by atoms with Crippen molar-refractivity contribution in [2.75, 3.05) is 0 Å². The van der Waals surface area contributed by atoms with Crippen molar-refractivity contribution in [3.05, 3.63) is 62.0 Å². The molecule has 1 aromatic heterocycles. The lowest BCUT2D eigenvalue weighted by molar-refractivity contribution is 0.956. The molecule has 18 heavy (non-hydrogen) atoms. The van der Waals surface area contributed by atoms with Crippen LogP contribution in [0.4, 0.5) is 0 Å². The Morgan fingerprint density at radius 3 is 2.33 bits per heavy atom. The SMILES string of the molecule is Cc1cc(=O)c(CS)cn1-c1cc(Cl)cc(Cl)c1. The summed E-state index contributed by atoms with van der Waals surface area (Å²) in [6, 6.07) is 6.85. The van der Waals surface area contributed by atoms with Gasteiger partial charge in [0, 0.05) is 45.0 Å². The van der Waals surface area contributed by atoms with Crippen LogP contribution in [0.1, 0.15) is 11.3 Å². The van der Waals surface area contributed by atoms with Gasteiger partial charge in [-0.1, -0.05) is 23.2 Å². The topological polar surface area (TPSA) is 22.0 Å². The summed E-state index contributed by atoms with van der Waals surface area (Å²) in [5, 5.41) is 1.12. The number of pyridine rings is 1. The van der Waals surface area contributed by atoms with E-state index < -0.39 is 0 Å². The third kappa shape index (κ3) is 2.74. The molecule has 1 aromatic carbocycles. The minimum Gasteiger partial charge on any atom is -0.321 e. The van der Waals surface area contributed by atoms with E-state index in [2.05, 4.69) is 12.6 Å². The molecule has 0 saturated carbocycles. The van der Waals surface area contributed by atoms with Crippen molar-refractivity contribution < 1.29 is 0 Å². The van der Waals surface area contributed by atoms with Gasteiger partial charge in [-0.25, -0.2) is 0 Å². The summed E-state index contributed by atoms with van der Waals surface area (Å²) >= 11 is 16.1. The standard InChI is InChI=1S/C13H11Cl2NOS/c1-8-2-13(17)9(7-18)6-16(8)12-4-10(14)3-11(15)5-12/h2-6,18H,7H2,1H3. The van der Waals surface area contributed by atoms with Gasteiger partial charge in [0.05, 0.1) is 0 Å². The predicted octanol–water partition coefficient (Wildman–Crippen LogP) is 3.88. The number of hydrogen-bond acceptors (Lipinski definition) is 2. The van der Waals surface area contributed by atoms with Crippen molar-refractivity contribution in [1.29, 1.82) is 0 Å². The number of rotatable bonds is 2. The lowest BCUT2D eigenvalue weighted by atomic mass is 10.2. The maximum Gasteiger partial charge on any atom is 0.185 e. The monoisotopic (exact) mass is 299 g/mol. The van der Waals surface area contributed by atoms with Crippen LogP contribution in [0, 0.1) is 6.92 Å². The summed E-state index contributed by atoms with van der Waals surface area (Å²) < 4.78 is 1.88. The molecule has 0 aliphatic carbocycles. The number of benzene rings is 1. The molecule has 0 unspecified atom stereocenters. The van der Waals surface area contributed by atoms with Crippen LogP contribution in [0.2, 0.25) is 10.0 Å². The van der Waals surface area contributed by atoms with Crippen LogP contribution in [0.5, 0.6) is 0 Å². The summed E-state index contributed by atoms with van der Waals surface area (Å²) in [5.74, 6) is 0.396. The van der Waals surface area contributed by atoms with Crippen LogP contribution < -0.4 is 5.43 Å². The lowest BCUT2D eigenvalue weighted by Crippen LogP contribution is -2.13. The summed E-state index contributed by atoms with van der Waals surface area (Å²) in [7, 11) is 0. The van der Waals surface area contributed by atoms with E-state index in [1.165, 1.54) is 0 Å². The first-order valence-corrected chi connectivity index (χ1v) is 6.69. The fourth-order valence-electron chi connectivity index (χ4n) is 1.75. The normalized spacial score (nSPS) is 10.7. The number of hydrogen-bond donors (Lipinski definition) is 1. The van der Waals surface area contributed by atoms with Gasteiger partial charge in [0.2, 0.25) is 0 Å². The quantitative estimate of drug-likeness (QED) is 0.835. The molecular formula is C13H11Cl2NOS. The Labute approximate surface area is 121 Å². The molecule has 2 nitrogen and oxygen atoms in total. The largest absolute Gasteiger partial charge is 0.321 e. The van der Waals surface area contributed by atoms with Crippen LogP contribution in [-0.2, 0) is 5.75 Å². The molecule has 1 heterocycles. The van der Waals surface area contributed by atoms with Crippen LogP contribution in [0.25, 0.3) is 5.69 Å². The molecule has 0 radical (unpaired) electrons. The van der Waals surface area contributed by atoms with Gasteiger partial charge in [-0.15, -0.1) is 0 Å². The van der Waals surface area contributed by atoms with Crippen molar-refractivity contribution >= 4 is 35.8 Å². The number of aryl methyl sites for hydroxylation is 1. The van der Waals surface area contributed by atoms with Gasteiger partial charge < -0.3 is 4.57 Å². The van der Waals surface area contributed by atoms with Gasteiger partial charge in [0.25, 0.3) is 0 Å². The Bertz CT molecular complexity index is 632. The third-order valence-corrected chi connectivity index (χ3v) is 3.39. The Kier molecular flexibility index (Phi) is 4.05. The average Bonchev–Trinajstić information content (AvgIpc) is 2.27. The van der Waals surface area contributed by atoms with Crippen LogP contribution >= 0.6 is 35.8 Å². The fraction of sp³-hybridized carbons (Fsp3) is 0.154.